The second kappa shape index (κ2) is 7.26. The van der Waals surface area contributed by atoms with Crippen LogP contribution in [0.15, 0.2) is 45.3 Å². The lowest BCUT2D eigenvalue weighted by Gasteiger charge is -2.14. The van der Waals surface area contributed by atoms with Gasteiger partial charge in [0, 0.05) is 21.4 Å². The summed E-state index contributed by atoms with van der Waals surface area (Å²) in [6, 6.07) is 11.9. The van der Waals surface area contributed by atoms with E-state index in [-0.39, 0.29) is 11.0 Å². The molecule has 122 valence electrons. The SMILES string of the molecule is CC(=O)NC(=S)Nc1c(Br)cc(Br)cc1-c1nc2ccccc2s1. The number of carbonyl (C=O) groups excluding carboxylic acids is 1. The van der Waals surface area contributed by atoms with Gasteiger partial charge < -0.3 is 10.6 Å². The first kappa shape index (κ1) is 17.5. The molecule has 2 N–H and O–H groups in total. The van der Waals surface area contributed by atoms with Gasteiger partial charge in [-0.25, -0.2) is 4.98 Å². The third-order valence-electron chi connectivity index (χ3n) is 3.11. The van der Waals surface area contributed by atoms with E-state index in [0.29, 0.717) is 0 Å². The van der Waals surface area contributed by atoms with Crippen LogP contribution >= 0.6 is 55.4 Å². The molecule has 2 aromatic carbocycles. The van der Waals surface area contributed by atoms with Crippen molar-refractivity contribution >= 4 is 82.3 Å². The number of nitrogens with zero attached hydrogens (tertiary/aromatic N) is 1. The predicted octanol–water partition coefficient (Wildman–Crippen LogP) is 5.32. The first-order chi connectivity index (χ1) is 11.4. The van der Waals surface area contributed by atoms with Crippen molar-refractivity contribution in [3.63, 3.8) is 0 Å². The van der Waals surface area contributed by atoms with Gasteiger partial charge in [-0.05, 0) is 52.4 Å². The molecule has 3 rings (SSSR count). The molecule has 4 nitrogen and oxygen atoms in total. The maximum atomic E-state index is 11.2. The summed E-state index contributed by atoms with van der Waals surface area (Å²) in [4.78, 5) is 15.9. The zero-order valence-electron chi connectivity index (χ0n) is 12.4. The van der Waals surface area contributed by atoms with Gasteiger partial charge in [0.2, 0.25) is 5.91 Å². The van der Waals surface area contributed by atoms with Gasteiger partial charge in [0.05, 0.1) is 15.9 Å². The Labute approximate surface area is 164 Å². The van der Waals surface area contributed by atoms with Crippen molar-refractivity contribution in [3.05, 3.63) is 45.3 Å². The predicted molar refractivity (Wildman–Crippen MR) is 110 cm³/mol. The summed E-state index contributed by atoms with van der Waals surface area (Å²) in [6.07, 6.45) is 0. The van der Waals surface area contributed by atoms with E-state index < -0.39 is 0 Å². The maximum Gasteiger partial charge on any atom is 0.222 e. The number of thiocarbonyl (C=S) groups is 1. The van der Waals surface area contributed by atoms with E-state index in [1.807, 2.05) is 36.4 Å². The summed E-state index contributed by atoms with van der Waals surface area (Å²) in [5, 5.41) is 6.76. The quantitative estimate of drug-likeness (QED) is 0.483. The second-order valence-corrected chi connectivity index (χ2v) is 8.14. The molecular weight excluding hydrogens is 474 g/mol. The van der Waals surface area contributed by atoms with Gasteiger partial charge in [-0.1, -0.05) is 28.1 Å². The third kappa shape index (κ3) is 3.83. The molecule has 0 bridgehead atoms. The number of nitrogens with one attached hydrogen (secondary N) is 2. The minimum absolute atomic E-state index is 0.220. The molecule has 0 atom stereocenters. The van der Waals surface area contributed by atoms with Crippen LogP contribution in [0, 0.1) is 0 Å². The number of para-hydroxylation sites is 1. The lowest BCUT2D eigenvalue weighted by Crippen LogP contribution is -2.32. The Morgan fingerprint density at radius 2 is 2.00 bits per heavy atom. The fourth-order valence-corrected chi connectivity index (χ4v) is 4.72. The van der Waals surface area contributed by atoms with Gasteiger partial charge in [-0.15, -0.1) is 11.3 Å². The number of amides is 1. The molecule has 0 fully saturated rings. The highest BCUT2D eigenvalue weighted by molar-refractivity contribution is 9.11. The molecule has 3 aromatic rings. The Hall–Kier alpha value is -1.35. The summed E-state index contributed by atoms with van der Waals surface area (Å²) < 4.78 is 2.84. The van der Waals surface area contributed by atoms with Crippen LogP contribution < -0.4 is 10.6 Å². The highest BCUT2D eigenvalue weighted by Gasteiger charge is 2.16. The highest BCUT2D eigenvalue weighted by Crippen LogP contribution is 2.40. The van der Waals surface area contributed by atoms with E-state index >= 15 is 0 Å². The lowest BCUT2D eigenvalue weighted by atomic mass is 10.2. The summed E-state index contributed by atoms with van der Waals surface area (Å²) >= 11 is 13.8. The molecule has 8 heteroatoms. The van der Waals surface area contributed by atoms with Gasteiger partial charge in [-0.3, -0.25) is 4.79 Å². The number of fused-ring (bicyclic) bond motifs is 1. The van der Waals surface area contributed by atoms with E-state index in [2.05, 4.69) is 42.5 Å². The van der Waals surface area contributed by atoms with E-state index in [1.54, 1.807) is 11.3 Å². The summed E-state index contributed by atoms with van der Waals surface area (Å²) in [6.45, 7) is 1.42. The zero-order chi connectivity index (χ0) is 17.3. The van der Waals surface area contributed by atoms with Crippen molar-refractivity contribution in [2.24, 2.45) is 0 Å². The van der Waals surface area contributed by atoms with Gasteiger partial charge in [0.15, 0.2) is 5.11 Å². The van der Waals surface area contributed by atoms with Crippen LogP contribution in [-0.2, 0) is 4.79 Å². The number of aromatic nitrogens is 1. The van der Waals surface area contributed by atoms with Crippen LogP contribution in [0.4, 0.5) is 5.69 Å². The Bertz CT molecular complexity index is 923. The first-order valence-corrected chi connectivity index (χ1v) is 9.68. The first-order valence-electron chi connectivity index (χ1n) is 6.87. The average Bonchev–Trinajstić information content (AvgIpc) is 2.92. The van der Waals surface area contributed by atoms with E-state index in [1.165, 1.54) is 6.92 Å². The molecule has 0 radical (unpaired) electrons. The zero-order valence-corrected chi connectivity index (χ0v) is 17.2. The number of carbonyl (C=O) groups is 1. The van der Waals surface area contributed by atoms with Gasteiger partial charge in [0.1, 0.15) is 5.01 Å². The van der Waals surface area contributed by atoms with Crippen molar-refractivity contribution in [2.75, 3.05) is 5.32 Å². The Morgan fingerprint density at radius 3 is 2.71 bits per heavy atom. The molecule has 0 aliphatic carbocycles. The highest BCUT2D eigenvalue weighted by atomic mass is 79.9. The summed E-state index contributed by atoms with van der Waals surface area (Å²) in [5.41, 5.74) is 2.60. The number of thiazole rings is 1. The fraction of sp³-hybridized carbons (Fsp3) is 0.0625. The Morgan fingerprint density at radius 1 is 1.25 bits per heavy atom. The smallest absolute Gasteiger partial charge is 0.222 e. The van der Waals surface area contributed by atoms with Gasteiger partial charge >= 0.3 is 0 Å². The van der Waals surface area contributed by atoms with Crippen LogP contribution in [0.3, 0.4) is 0 Å². The van der Waals surface area contributed by atoms with E-state index in [0.717, 1.165) is 35.4 Å². The lowest BCUT2D eigenvalue weighted by molar-refractivity contribution is -0.117. The molecule has 0 spiro atoms. The van der Waals surface area contributed by atoms with Crippen molar-refractivity contribution in [3.8, 4) is 10.6 Å². The van der Waals surface area contributed by atoms with Crippen LogP contribution in [0.25, 0.3) is 20.8 Å². The number of rotatable bonds is 2. The molecule has 0 unspecified atom stereocenters. The van der Waals surface area contributed by atoms with E-state index in [9.17, 15) is 4.79 Å². The normalized spacial score (nSPS) is 10.6. The van der Waals surface area contributed by atoms with Crippen molar-refractivity contribution in [1.29, 1.82) is 0 Å². The van der Waals surface area contributed by atoms with Crippen molar-refractivity contribution in [1.82, 2.24) is 10.3 Å². The molecule has 1 heterocycles. The minimum atomic E-state index is -0.220. The van der Waals surface area contributed by atoms with Crippen LogP contribution in [0.5, 0.6) is 0 Å². The standard InChI is InChI=1S/C16H11Br2N3OS2/c1-8(22)19-16(23)21-14-10(6-9(17)7-11(14)18)15-20-12-4-2-3-5-13(12)24-15/h2-7H,1H3,(H2,19,21,22,23). The molecule has 24 heavy (non-hydrogen) atoms. The second-order valence-electron chi connectivity index (χ2n) is 4.93. The monoisotopic (exact) mass is 483 g/mol. The number of benzene rings is 2. The van der Waals surface area contributed by atoms with Crippen molar-refractivity contribution < 1.29 is 4.79 Å². The molecule has 1 aromatic heterocycles. The van der Waals surface area contributed by atoms with Crippen LogP contribution in [0.1, 0.15) is 6.92 Å². The number of hydrogen-bond acceptors (Lipinski definition) is 4. The van der Waals surface area contributed by atoms with Crippen LogP contribution in [0.2, 0.25) is 0 Å². The van der Waals surface area contributed by atoms with Crippen molar-refractivity contribution in [2.45, 2.75) is 6.92 Å². The average molecular weight is 485 g/mol. The van der Waals surface area contributed by atoms with Gasteiger partial charge in [0.25, 0.3) is 0 Å². The topological polar surface area (TPSA) is 54.0 Å². The Balaban J connectivity index is 2.08. The minimum Gasteiger partial charge on any atom is -0.331 e. The number of anilines is 1. The molecule has 1 amide bonds. The summed E-state index contributed by atoms with van der Waals surface area (Å²) in [5.74, 6) is -0.220. The maximum absolute atomic E-state index is 11.2. The Kier molecular flexibility index (Phi) is 5.29. The summed E-state index contributed by atoms with van der Waals surface area (Å²) in [7, 11) is 0. The fourth-order valence-electron chi connectivity index (χ4n) is 2.16. The molecule has 0 saturated heterocycles. The third-order valence-corrected chi connectivity index (χ3v) is 5.46. The van der Waals surface area contributed by atoms with Crippen LogP contribution in [-0.4, -0.2) is 16.0 Å². The van der Waals surface area contributed by atoms with E-state index in [4.69, 9.17) is 17.2 Å². The largest absolute Gasteiger partial charge is 0.331 e. The number of hydrogen-bond donors (Lipinski definition) is 2. The number of halogens is 2. The van der Waals surface area contributed by atoms with Gasteiger partial charge in [-0.2, -0.15) is 0 Å². The molecule has 0 aliphatic heterocycles. The molecular formula is C16H11Br2N3OS2. The molecule has 0 saturated carbocycles. The molecule has 0 aliphatic rings.